The fourth-order valence-corrected chi connectivity index (χ4v) is 2.42. The van der Waals surface area contributed by atoms with Gasteiger partial charge in [0, 0.05) is 6.61 Å². The molecule has 1 atom stereocenters. The molecule has 0 amide bonds. The molecule has 1 unspecified atom stereocenters. The van der Waals surface area contributed by atoms with Crippen molar-refractivity contribution in [3.63, 3.8) is 0 Å². The summed E-state index contributed by atoms with van der Waals surface area (Å²) in [6.07, 6.45) is 6.02. The Labute approximate surface area is 95.9 Å². The molecule has 1 N–H and O–H groups in total. The van der Waals surface area contributed by atoms with E-state index >= 15 is 0 Å². The molecular weight excluding hydrogens is 208 g/mol. The second kappa shape index (κ2) is 5.15. The van der Waals surface area contributed by atoms with Crippen LogP contribution in [-0.2, 0) is 14.3 Å². The van der Waals surface area contributed by atoms with E-state index in [1.54, 1.807) is 0 Å². The Morgan fingerprint density at radius 2 is 2.06 bits per heavy atom. The summed E-state index contributed by atoms with van der Waals surface area (Å²) >= 11 is 0. The highest BCUT2D eigenvalue weighted by molar-refractivity contribution is 5.79. The molecule has 2 fully saturated rings. The topological polar surface area (TPSA) is 55.8 Å². The number of carbonyl (C=O) groups excluding carboxylic acids is 1. The van der Waals surface area contributed by atoms with E-state index in [-0.39, 0.29) is 6.10 Å². The highest BCUT2D eigenvalue weighted by Crippen LogP contribution is 2.29. The van der Waals surface area contributed by atoms with E-state index in [1.807, 2.05) is 0 Å². The van der Waals surface area contributed by atoms with Crippen LogP contribution >= 0.6 is 0 Å². The largest absolute Gasteiger partial charge is 0.461 e. The summed E-state index contributed by atoms with van der Waals surface area (Å²) in [6.45, 7) is 1.05. The predicted molar refractivity (Wildman–Crippen MR) is 58.0 cm³/mol. The van der Waals surface area contributed by atoms with Gasteiger partial charge in [-0.3, -0.25) is 0 Å². The zero-order chi connectivity index (χ0) is 11.4. The normalized spacial score (nSPS) is 28.9. The highest BCUT2D eigenvalue weighted by Gasteiger charge is 2.39. The molecule has 0 radical (unpaired) electrons. The van der Waals surface area contributed by atoms with Crippen LogP contribution in [0.2, 0.25) is 0 Å². The molecule has 1 heterocycles. The maximum absolute atomic E-state index is 11.7. The van der Waals surface area contributed by atoms with Crippen LogP contribution < -0.4 is 0 Å². The number of esters is 1. The molecule has 92 valence electrons. The van der Waals surface area contributed by atoms with Crippen molar-refractivity contribution in [2.45, 2.75) is 56.7 Å². The zero-order valence-electron chi connectivity index (χ0n) is 9.61. The molecule has 0 aromatic carbocycles. The van der Waals surface area contributed by atoms with Crippen LogP contribution in [-0.4, -0.2) is 36.0 Å². The van der Waals surface area contributed by atoms with Gasteiger partial charge in [-0.25, -0.2) is 4.79 Å². The second-order valence-electron chi connectivity index (χ2n) is 4.83. The minimum atomic E-state index is -1.23. The minimum Gasteiger partial charge on any atom is -0.461 e. The molecule has 4 nitrogen and oxygen atoms in total. The van der Waals surface area contributed by atoms with Gasteiger partial charge in [-0.15, -0.1) is 0 Å². The molecule has 1 saturated carbocycles. The van der Waals surface area contributed by atoms with Gasteiger partial charge in [-0.2, -0.15) is 0 Å². The summed E-state index contributed by atoms with van der Waals surface area (Å²) in [7, 11) is 0. The summed E-state index contributed by atoms with van der Waals surface area (Å²) in [4.78, 5) is 11.7. The van der Waals surface area contributed by atoms with E-state index in [4.69, 9.17) is 9.47 Å². The molecule has 0 bridgehead atoms. The number of hydrogen-bond donors (Lipinski definition) is 1. The van der Waals surface area contributed by atoms with Crippen LogP contribution in [0.25, 0.3) is 0 Å². The number of aliphatic hydroxyl groups is 1. The van der Waals surface area contributed by atoms with E-state index < -0.39 is 11.6 Å². The van der Waals surface area contributed by atoms with Crippen LogP contribution in [0.1, 0.15) is 44.9 Å². The van der Waals surface area contributed by atoms with Gasteiger partial charge >= 0.3 is 5.97 Å². The third kappa shape index (κ3) is 2.74. The van der Waals surface area contributed by atoms with Crippen molar-refractivity contribution >= 4 is 5.97 Å². The molecule has 2 aliphatic rings. The molecule has 0 spiro atoms. The number of hydrogen-bond acceptors (Lipinski definition) is 4. The van der Waals surface area contributed by atoms with Gasteiger partial charge in [0.2, 0.25) is 0 Å². The van der Waals surface area contributed by atoms with Crippen molar-refractivity contribution in [3.8, 4) is 0 Å². The second-order valence-corrected chi connectivity index (χ2v) is 4.83. The monoisotopic (exact) mass is 228 g/mol. The smallest absolute Gasteiger partial charge is 0.338 e. The molecular formula is C12H20O4. The molecule has 1 aliphatic heterocycles. The lowest BCUT2D eigenvalue weighted by atomic mass is 9.85. The molecule has 1 aliphatic carbocycles. The molecule has 1 saturated heterocycles. The average molecular weight is 228 g/mol. The van der Waals surface area contributed by atoms with Gasteiger partial charge in [0.05, 0.1) is 6.10 Å². The Balaban J connectivity index is 1.77. The van der Waals surface area contributed by atoms with Crippen molar-refractivity contribution in [1.29, 1.82) is 0 Å². The maximum Gasteiger partial charge on any atom is 0.338 e. The van der Waals surface area contributed by atoms with Crippen LogP contribution in [0.4, 0.5) is 0 Å². The third-order valence-corrected chi connectivity index (χ3v) is 3.48. The lowest BCUT2D eigenvalue weighted by molar-refractivity contribution is -0.171. The van der Waals surface area contributed by atoms with Crippen LogP contribution in [0, 0.1) is 0 Å². The summed E-state index contributed by atoms with van der Waals surface area (Å²) in [5, 5.41) is 10.1. The van der Waals surface area contributed by atoms with Crippen molar-refractivity contribution in [2.24, 2.45) is 0 Å². The molecule has 0 aromatic rings. The van der Waals surface area contributed by atoms with Gasteiger partial charge in [0.25, 0.3) is 0 Å². The summed E-state index contributed by atoms with van der Waals surface area (Å²) < 4.78 is 10.5. The van der Waals surface area contributed by atoms with Crippen LogP contribution in [0.5, 0.6) is 0 Å². The van der Waals surface area contributed by atoms with Crippen molar-refractivity contribution in [2.75, 3.05) is 13.2 Å². The molecule has 4 heteroatoms. The molecule has 0 aromatic heterocycles. The van der Waals surface area contributed by atoms with E-state index in [2.05, 4.69) is 0 Å². The Morgan fingerprint density at radius 3 is 2.69 bits per heavy atom. The summed E-state index contributed by atoms with van der Waals surface area (Å²) in [6, 6.07) is 0. The number of ether oxygens (including phenoxy) is 2. The van der Waals surface area contributed by atoms with Crippen molar-refractivity contribution < 1.29 is 19.4 Å². The van der Waals surface area contributed by atoms with Gasteiger partial charge in [-0.1, -0.05) is 6.42 Å². The van der Waals surface area contributed by atoms with Gasteiger partial charge < -0.3 is 14.6 Å². The maximum atomic E-state index is 11.7. The fraction of sp³-hybridized carbons (Fsp3) is 0.917. The Morgan fingerprint density at radius 1 is 1.31 bits per heavy atom. The highest BCUT2D eigenvalue weighted by atomic mass is 16.6. The van der Waals surface area contributed by atoms with Gasteiger partial charge in [0.1, 0.15) is 6.61 Å². The Bertz CT molecular complexity index is 239. The Kier molecular flexibility index (Phi) is 3.82. The first kappa shape index (κ1) is 11.9. The molecule has 2 rings (SSSR count). The number of rotatable bonds is 3. The van der Waals surface area contributed by atoms with E-state index in [1.165, 1.54) is 0 Å². The SMILES string of the molecule is O=C(OCC1CCCO1)C1(O)CCCCC1. The first-order valence-electron chi connectivity index (χ1n) is 6.22. The zero-order valence-corrected chi connectivity index (χ0v) is 9.61. The predicted octanol–water partition coefficient (Wildman–Crippen LogP) is 1.40. The standard InChI is InChI=1S/C12H20O4/c13-11(12(14)6-2-1-3-7-12)16-9-10-5-4-8-15-10/h10,14H,1-9H2. The van der Waals surface area contributed by atoms with Gasteiger partial charge in [-0.05, 0) is 38.5 Å². The van der Waals surface area contributed by atoms with E-state index in [0.717, 1.165) is 38.7 Å². The first-order valence-corrected chi connectivity index (χ1v) is 6.22. The first-order chi connectivity index (χ1) is 7.71. The lowest BCUT2D eigenvalue weighted by Gasteiger charge is -2.29. The Hall–Kier alpha value is -0.610. The fourth-order valence-electron chi connectivity index (χ4n) is 2.42. The minimum absolute atomic E-state index is 0.0381. The summed E-state index contributed by atoms with van der Waals surface area (Å²) in [5.41, 5.74) is -1.23. The van der Waals surface area contributed by atoms with E-state index in [9.17, 15) is 9.90 Å². The van der Waals surface area contributed by atoms with Crippen LogP contribution in [0.15, 0.2) is 0 Å². The number of carbonyl (C=O) groups is 1. The third-order valence-electron chi connectivity index (χ3n) is 3.48. The van der Waals surface area contributed by atoms with Crippen molar-refractivity contribution in [3.05, 3.63) is 0 Å². The van der Waals surface area contributed by atoms with Crippen LogP contribution in [0.3, 0.4) is 0 Å². The van der Waals surface area contributed by atoms with Gasteiger partial charge in [0.15, 0.2) is 5.60 Å². The van der Waals surface area contributed by atoms with E-state index in [0.29, 0.717) is 19.4 Å². The van der Waals surface area contributed by atoms with Crippen molar-refractivity contribution in [1.82, 2.24) is 0 Å². The quantitative estimate of drug-likeness (QED) is 0.742. The average Bonchev–Trinajstić information content (AvgIpc) is 2.79. The summed E-state index contributed by atoms with van der Waals surface area (Å²) in [5.74, 6) is -0.456. The molecule has 16 heavy (non-hydrogen) atoms. The lowest BCUT2D eigenvalue weighted by Crippen LogP contribution is -2.42.